The summed E-state index contributed by atoms with van der Waals surface area (Å²) in [5.74, 6) is -0.791. The number of benzene rings is 2. The molecule has 4 rings (SSSR count). The van der Waals surface area contributed by atoms with Crippen molar-refractivity contribution in [3.8, 4) is 0 Å². The van der Waals surface area contributed by atoms with Gasteiger partial charge in [0.1, 0.15) is 17.8 Å². The Bertz CT molecular complexity index is 963. The standard InChI is InChI=1S/C29H40O5Si/c1-9-21(2)29(25(30-8)24-26(34-29)33-28(6,7)32-24)20-31-35(27(3,4)5,22-16-12-10-13-17-22)23-18-14-11-15-19-23/h9-19,21,24-26H,1,20H2,2-8H3/t21?,24-,25+,26+,29+/m1/s1. The molecule has 0 N–H and O–H groups in total. The van der Waals surface area contributed by atoms with Crippen LogP contribution in [-0.4, -0.2) is 51.9 Å². The summed E-state index contributed by atoms with van der Waals surface area (Å²) in [6.07, 6.45) is 0.660. The molecule has 0 aromatic heterocycles. The fourth-order valence-electron chi connectivity index (χ4n) is 5.74. The third kappa shape index (κ3) is 4.45. The van der Waals surface area contributed by atoms with E-state index in [-0.39, 0.29) is 23.2 Å². The van der Waals surface area contributed by atoms with Crippen molar-refractivity contribution in [1.82, 2.24) is 0 Å². The van der Waals surface area contributed by atoms with Crippen molar-refractivity contribution in [2.24, 2.45) is 5.92 Å². The summed E-state index contributed by atoms with van der Waals surface area (Å²) in [7, 11) is -1.07. The molecule has 0 spiro atoms. The first kappa shape index (κ1) is 26.3. The normalized spacial score (nSPS) is 29.1. The summed E-state index contributed by atoms with van der Waals surface area (Å²) in [4.78, 5) is 0. The molecular formula is C29H40O5Si. The van der Waals surface area contributed by atoms with Crippen molar-refractivity contribution in [3.05, 3.63) is 73.3 Å². The van der Waals surface area contributed by atoms with E-state index in [0.717, 1.165) is 0 Å². The van der Waals surface area contributed by atoms with Crippen LogP contribution in [0.15, 0.2) is 73.3 Å². The molecule has 2 aliphatic heterocycles. The second-order valence-electron chi connectivity index (χ2n) is 11.2. The van der Waals surface area contributed by atoms with Gasteiger partial charge in [0.2, 0.25) is 0 Å². The quantitative estimate of drug-likeness (QED) is 0.393. The third-order valence-electron chi connectivity index (χ3n) is 7.51. The molecule has 6 heteroatoms. The molecule has 2 fully saturated rings. The lowest BCUT2D eigenvalue weighted by molar-refractivity contribution is -0.254. The Hall–Kier alpha value is -1.80. The van der Waals surface area contributed by atoms with Crippen molar-refractivity contribution >= 4 is 18.7 Å². The Balaban J connectivity index is 1.80. The molecular weight excluding hydrogens is 456 g/mol. The fourth-order valence-corrected chi connectivity index (χ4v) is 10.3. The predicted octanol–water partition coefficient (Wildman–Crippen LogP) is 4.65. The van der Waals surface area contributed by atoms with Crippen LogP contribution in [0.1, 0.15) is 41.5 Å². The summed E-state index contributed by atoms with van der Waals surface area (Å²) < 4.78 is 32.4. The highest BCUT2D eigenvalue weighted by Gasteiger charge is 2.65. The van der Waals surface area contributed by atoms with Crippen molar-refractivity contribution in [1.29, 1.82) is 0 Å². The summed E-state index contributed by atoms with van der Waals surface area (Å²) in [5.41, 5.74) is -0.810. The Kier molecular flexibility index (Phi) is 7.19. The molecule has 190 valence electrons. The number of ether oxygens (including phenoxy) is 4. The van der Waals surface area contributed by atoms with Gasteiger partial charge in [-0.05, 0) is 29.3 Å². The first-order valence-electron chi connectivity index (χ1n) is 12.4. The number of fused-ring (bicyclic) bond motifs is 1. The van der Waals surface area contributed by atoms with Gasteiger partial charge >= 0.3 is 0 Å². The summed E-state index contributed by atoms with van der Waals surface area (Å²) in [6, 6.07) is 21.3. The zero-order chi connectivity index (χ0) is 25.5. The molecule has 2 heterocycles. The van der Waals surface area contributed by atoms with Crippen LogP contribution < -0.4 is 10.4 Å². The molecule has 2 saturated heterocycles. The van der Waals surface area contributed by atoms with Crippen molar-refractivity contribution in [2.45, 2.75) is 76.5 Å². The number of hydrogen-bond acceptors (Lipinski definition) is 5. The lowest BCUT2D eigenvalue weighted by Gasteiger charge is -2.47. The summed E-state index contributed by atoms with van der Waals surface area (Å²) >= 11 is 0. The lowest BCUT2D eigenvalue weighted by Crippen LogP contribution is -2.68. The first-order valence-corrected chi connectivity index (χ1v) is 14.4. The van der Waals surface area contributed by atoms with Crippen LogP contribution in [0.5, 0.6) is 0 Å². The van der Waals surface area contributed by atoms with E-state index in [0.29, 0.717) is 6.61 Å². The maximum absolute atomic E-state index is 7.30. The van der Waals surface area contributed by atoms with Gasteiger partial charge in [-0.15, -0.1) is 6.58 Å². The fraction of sp³-hybridized carbons (Fsp3) is 0.517. The Morgan fingerprint density at radius 3 is 1.97 bits per heavy atom. The first-order chi connectivity index (χ1) is 16.5. The minimum absolute atomic E-state index is 0.0634. The van der Waals surface area contributed by atoms with E-state index in [1.54, 1.807) is 7.11 Å². The van der Waals surface area contributed by atoms with Gasteiger partial charge in [-0.25, -0.2) is 0 Å². The topological polar surface area (TPSA) is 46.2 Å². The van der Waals surface area contributed by atoms with E-state index < -0.39 is 26.0 Å². The SMILES string of the molecule is C=CC(C)[C@]1(CO[Si](c2ccccc2)(c2ccccc2)C(C)(C)C)O[C@@H]2OC(C)(C)O[C@@H]2[C@@H]1OC. The summed E-state index contributed by atoms with van der Waals surface area (Å²) in [6.45, 7) is 17.1. The maximum atomic E-state index is 7.30. The Morgan fingerprint density at radius 2 is 1.51 bits per heavy atom. The summed E-state index contributed by atoms with van der Waals surface area (Å²) in [5, 5.41) is 2.29. The molecule has 0 bridgehead atoms. The van der Waals surface area contributed by atoms with Crippen molar-refractivity contribution in [3.63, 3.8) is 0 Å². The molecule has 2 aromatic rings. The van der Waals surface area contributed by atoms with Gasteiger partial charge in [-0.1, -0.05) is 94.4 Å². The van der Waals surface area contributed by atoms with Gasteiger partial charge in [-0.3, -0.25) is 0 Å². The smallest absolute Gasteiger partial charge is 0.261 e. The van der Waals surface area contributed by atoms with E-state index in [9.17, 15) is 0 Å². The van der Waals surface area contributed by atoms with Gasteiger partial charge in [0, 0.05) is 13.0 Å². The minimum Gasteiger partial charge on any atom is -0.404 e. The second kappa shape index (κ2) is 9.58. The van der Waals surface area contributed by atoms with Gasteiger partial charge in [-0.2, -0.15) is 0 Å². The molecule has 2 aromatic carbocycles. The van der Waals surface area contributed by atoms with Crippen LogP contribution in [0.3, 0.4) is 0 Å². The monoisotopic (exact) mass is 496 g/mol. The Labute approximate surface area is 211 Å². The predicted molar refractivity (Wildman–Crippen MR) is 141 cm³/mol. The molecule has 0 aliphatic carbocycles. The zero-order valence-corrected chi connectivity index (χ0v) is 23.1. The molecule has 0 radical (unpaired) electrons. The third-order valence-corrected chi connectivity index (χ3v) is 12.5. The van der Waals surface area contributed by atoms with E-state index >= 15 is 0 Å². The highest BCUT2D eigenvalue weighted by Crippen LogP contribution is 2.48. The minimum atomic E-state index is -2.78. The highest BCUT2D eigenvalue weighted by molar-refractivity contribution is 6.99. The van der Waals surface area contributed by atoms with Crippen LogP contribution in [0, 0.1) is 5.92 Å². The van der Waals surface area contributed by atoms with Gasteiger partial charge < -0.3 is 23.4 Å². The molecule has 1 unspecified atom stereocenters. The number of rotatable bonds is 8. The molecule has 35 heavy (non-hydrogen) atoms. The highest BCUT2D eigenvalue weighted by atomic mass is 28.4. The van der Waals surface area contributed by atoms with E-state index in [4.69, 9.17) is 23.4 Å². The average Bonchev–Trinajstić information content (AvgIpc) is 3.27. The van der Waals surface area contributed by atoms with Crippen LogP contribution in [0.2, 0.25) is 5.04 Å². The van der Waals surface area contributed by atoms with E-state index in [1.165, 1.54) is 10.4 Å². The van der Waals surface area contributed by atoms with E-state index in [1.807, 2.05) is 19.9 Å². The van der Waals surface area contributed by atoms with Crippen LogP contribution >= 0.6 is 0 Å². The number of methoxy groups -OCH3 is 1. The molecule has 5 atom stereocenters. The second-order valence-corrected chi connectivity index (χ2v) is 15.5. The van der Waals surface area contributed by atoms with Crippen LogP contribution in [-0.2, 0) is 23.4 Å². The van der Waals surface area contributed by atoms with Crippen LogP contribution in [0.25, 0.3) is 0 Å². The van der Waals surface area contributed by atoms with Crippen molar-refractivity contribution < 1.29 is 23.4 Å². The van der Waals surface area contributed by atoms with E-state index in [2.05, 4.69) is 94.9 Å². The molecule has 0 saturated carbocycles. The maximum Gasteiger partial charge on any atom is 0.261 e. The number of hydrogen-bond donors (Lipinski definition) is 0. The molecule has 2 aliphatic rings. The van der Waals surface area contributed by atoms with Gasteiger partial charge in [0.05, 0.1) is 6.61 Å². The van der Waals surface area contributed by atoms with Gasteiger partial charge in [0.25, 0.3) is 8.32 Å². The molecule has 5 nitrogen and oxygen atoms in total. The largest absolute Gasteiger partial charge is 0.404 e. The molecule has 0 amide bonds. The average molecular weight is 497 g/mol. The Morgan fingerprint density at radius 1 is 0.971 bits per heavy atom. The van der Waals surface area contributed by atoms with Gasteiger partial charge in [0.15, 0.2) is 12.1 Å². The van der Waals surface area contributed by atoms with Crippen molar-refractivity contribution in [2.75, 3.05) is 13.7 Å². The lowest BCUT2D eigenvalue weighted by atomic mass is 9.83. The van der Waals surface area contributed by atoms with Crippen LogP contribution in [0.4, 0.5) is 0 Å². The zero-order valence-electron chi connectivity index (χ0n) is 22.1.